The minimum Gasteiger partial charge on any atom is -0.481 e. The maximum Gasteiger partial charge on any atom is 0.410 e. The molecule has 1 aromatic rings. The van der Waals surface area contributed by atoms with Gasteiger partial charge in [-0.25, -0.2) is 4.79 Å². The Morgan fingerprint density at radius 2 is 1.83 bits per heavy atom. The third kappa shape index (κ3) is 3.82. The van der Waals surface area contributed by atoms with Gasteiger partial charge in [-0.15, -0.1) is 0 Å². The topological polar surface area (TPSA) is 78.9 Å². The molecule has 0 spiro atoms. The number of likely N-dealkylation sites (tertiary alicyclic amines) is 1. The van der Waals surface area contributed by atoms with Crippen molar-refractivity contribution in [1.29, 1.82) is 0 Å². The quantitative estimate of drug-likeness (QED) is 0.881. The third-order valence-electron chi connectivity index (χ3n) is 4.81. The van der Waals surface area contributed by atoms with E-state index in [1.165, 1.54) is 0 Å². The summed E-state index contributed by atoms with van der Waals surface area (Å²) < 4.78 is 5.40. The highest BCUT2D eigenvalue weighted by Gasteiger charge is 2.42. The fourth-order valence-electron chi connectivity index (χ4n) is 3.68. The minimum absolute atomic E-state index is 0.145. The number of benzene rings is 1. The molecule has 1 amide bonds. The first-order chi connectivity index (χ1) is 11.1. The molecule has 2 aliphatic heterocycles. The summed E-state index contributed by atoms with van der Waals surface area (Å²) in [7, 11) is 0. The number of nitrogens with one attached hydrogen (secondary N) is 1. The molecule has 0 aliphatic carbocycles. The molecule has 2 bridgehead atoms. The largest absolute Gasteiger partial charge is 0.481 e. The number of ether oxygens (including phenoxy) is 1. The lowest BCUT2D eigenvalue weighted by molar-refractivity contribution is -0.140. The van der Waals surface area contributed by atoms with E-state index in [1.54, 1.807) is 4.90 Å². The molecule has 2 fully saturated rings. The number of aliphatic carboxylic acids is 1. The number of fused-ring (bicyclic) bond motifs is 2. The van der Waals surface area contributed by atoms with Gasteiger partial charge in [0.05, 0.1) is 0 Å². The molecule has 2 heterocycles. The average molecular weight is 318 g/mol. The molecular formula is C17H22N2O4. The first kappa shape index (κ1) is 15.8. The van der Waals surface area contributed by atoms with Crippen molar-refractivity contribution in [2.24, 2.45) is 17.8 Å². The maximum absolute atomic E-state index is 12.3. The maximum atomic E-state index is 12.3. The summed E-state index contributed by atoms with van der Waals surface area (Å²) in [6, 6.07) is 9.59. The van der Waals surface area contributed by atoms with Crippen LogP contribution in [0.3, 0.4) is 0 Å². The Balaban J connectivity index is 1.57. The van der Waals surface area contributed by atoms with Crippen LogP contribution in [0, 0.1) is 17.8 Å². The summed E-state index contributed by atoms with van der Waals surface area (Å²) in [6.07, 6.45) is -0.122. The van der Waals surface area contributed by atoms with Crippen LogP contribution in [-0.2, 0) is 16.1 Å². The number of carboxylic acids is 1. The van der Waals surface area contributed by atoms with Crippen LogP contribution in [0.2, 0.25) is 0 Å². The molecule has 2 aliphatic rings. The van der Waals surface area contributed by atoms with Crippen LogP contribution in [-0.4, -0.2) is 48.2 Å². The van der Waals surface area contributed by atoms with Crippen molar-refractivity contribution < 1.29 is 19.4 Å². The molecule has 2 saturated heterocycles. The van der Waals surface area contributed by atoms with Crippen LogP contribution in [0.1, 0.15) is 12.0 Å². The van der Waals surface area contributed by atoms with Gasteiger partial charge in [0.2, 0.25) is 0 Å². The van der Waals surface area contributed by atoms with Crippen LogP contribution in [0.25, 0.3) is 0 Å². The van der Waals surface area contributed by atoms with Crippen LogP contribution >= 0.6 is 0 Å². The molecule has 1 aromatic carbocycles. The summed E-state index contributed by atoms with van der Waals surface area (Å²) >= 11 is 0. The van der Waals surface area contributed by atoms with Gasteiger partial charge in [0.1, 0.15) is 6.61 Å². The molecule has 23 heavy (non-hydrogen) atoms. The molecule has 2 atom stereocenters. The molecule has 3 rings (SSSR count). The number of piperidine rings is 2. The monoisotopic (exact) mass is 318 g/mol. The predicted molar refractivity (Wildman–Crippen MR) is 83.8 cm³/mol. The van der Waals surface area contributed by atoms with E-state index in [0.717, 1.165) is 18.7 Å². The highest BCUT2D eigenvalue weighted by atomic mass is 16.6. The second-order valence-electron chi connectivity index (χ2n) is 6.39. The van der Waals surface area contributed by atoms with Gasteiger partial charge in [0.25, 0.3) is 0 Å². The Hall–Kier alpha value is -2.08. The van der Waals surface area contributed by atoms with Crippen molar-refractivity contribution in [2.75, 3.05) is 26.2 Å². The third-order valence-corrected chi connectivity index (χ3v) is 4.81. The van der Waals surface area contributed by atoms with E-state index in [2.05, 4.69) is 5.32 Å². The number of nitrogens with zero attached hydrogens (tertiary/aromatic N) is 1. The Kier molecular flexibility index (Phi) is 4.81. The first-order valence-electron chi connectivity index (χ1n) is 8.01. The van der Waals surface area contributed by atoms with Gasteiger partial charge in [-0.3, -0.25) is 4.79 Å². The first-order valence-corrected chi connectivity index (χ1v) is 8.01. The van der Waals surface area contributed by atoms with Gasteiger partial charge < -0.3 is 20.1 Å². The van der Waals surface area contributed by atoms with Crippen molar-refractivity contribution in [3.63, 3.8) is 0 Å². The number of hydrogen-bond donors (Lipinski definition) is 2. The lowest BCUT2D eigenvalue weighted by Crippen LogP contribution is -2.58. The van der Waals surface area contributed by atoms with Crippen LogP contribution < -0.4 is 5.32 Å². The zero-order chi connectivity index (χ0) is 16.2. The zero-order valence-electron chi connectivity index (χ0n) is 13.0. The van der Waals surface area contributed by atoms with Crippen LogP contribution in [0.4, 0.5) is 4.79 Å². The van der Waals surface area contributed by atoms with E-state index in [4.69, 9.17) is 9.84 Å². The van der Waals surface area contributed by atoms with Gasteiger partial charge >= 0.3 is 12.1 Å². The molecule has 0 radical (unpaired) electrons. The Labute approximate surface area is 135 Å². The van der Waals surface area contributed by atoms with Gasteiger partial charge in [-0.2, -0.15) is 0 Å². The van der Waals surface area contributed by atoms with E-state index in [1.807, 2.05) is 30.3 Å². The van der Waals surface area contributed by atoms with Gasteiger partial charge in [-0.1, -0.05) is 30.3 Å². The Morgan fingerprint density at radius 1 is 1.17 bits per heavy atom. The summed E-state index contributed by atoms with van der Waals surface area (Å²) in [5.74, 6) is -0.246. The second kappa shape index (κ2) is 7.00. The summed E-state index contributed by atoms with van der Waals surface area (Å²) in [5, 5.41) is 12.4. The summed E-state index contributed by atoms with van der Waals surface area (Å²) in [4.78, 5) is 25.1. The van der Waals surface area contributed by atoms with E-state index in [-0.39, 0.29) is 36.9 Å². The number of amides is 1. The summed E-state index contributed by atoms with van der Waals surface area (Å²) in [6.45, 7) is 2.92. The highest BCUT2D eigenvalue weighted by Crippen LogP contribution is 2.34. The van der Waals surface area contributed by atoms with Crippen molar-refractivity contribution in [3.8, 4) is 0 Å². The fourth-order valence-corrected chi connectivity index (χ4v) is 3.68. The number of carbonyl (C=O) groups excluding carboxylic acids is 1. The van der Waals surface area contributed by atoms with E-state index in [9.17, 15) is 9.59 Å². The van der Waals surface area contributed by atoms with E-state index >= 15 is 0 Å². The second-order valence-corrected chi connectivity index (χ2v) is 6.39. The molecule has 6 heteroatoms. The van der Waals surface area contributed by atoms with Crippen molar-refractivity contribution in [2.45, 2.75) is 13.0 Å². The smallest absolute Gasteiger partial charge is 0.410 e. The number of hydrogen-bond acceptors (Lipinski definition) is 4. The Morgan fingerprint density at radius 3 is 2.43 bits per heavy atom. The average Bonchev–Trinajstić information content (AvgIpc) is 2.53. The van der Waals surface area contributed by atoms with Gasteiger partial charge in [0.15, 0.2) is 0 Å². The molecule has 6 nitrogen and oxygen atoms in total. The van der Waals surface area contributed by atoms with E-state index < -0.39 is 5.97 Å². The molecule has 0 saturated carbocycles. The molecule has 0 aromatic heterocycles. The fraction of sp³-hybridized carbons (Fsp3) is 0.529. The normalized spacial score (nSPS) is 26.6. The lowest BCUT2D eigenvalue weighted by Gasteiger charge is -2.46. The SMILES string of the molecule is O=C(O)CC1C2CNCC1CN(C(=O)OCc1ccccc1)C2. The van der Waals surface area contributed by atoms with E-state index in [0.29, 0.717) is 13.1 Å². The molecular weight excluding hydrogens is 296 g/mol. The lowest BCUT2D eigenvalue weighted by atomic mass is 9.73. The highest BCUT2D eigenvalue weighted by molar-refractivity contribution is 5.69. The minimum atomic E-state index is -0.757. The van der Waals surface area contributed by atoms with Crippen molar-refractivity contribution in [3.05, 3.63) is 35.9 Å². The van der Waals surface area contributed by atoms with Gasteiger partial charge in [-0.05, 0) is 36.4 Å². The standard InChI is InChI=1S/C17H22N2O4/c20-16(21)6-15-13-7-18-8-14(15)10-19(9-13)17(22)23-11-12-4-2-1-3-5-12/h1-5,13-15,18H,6-11H2,(H,20,21). The number of carboxylic acid groups (broad SMARTS) is 1. The van der Waals surface area contributed by atoms with Crippen LogP contribution in [0.15, 0.2) is 30.3 Å². The number of carbonyl (C=O) groups is 2. The van der Waals surface area contributed by atoms with Crippen molar-refractivity contribution in [1.82, 2.24) is 10.2 Å². The summed E-state index contributed by atoms with van der Waals surface area (Å²) in [5.41, 5.74) is 0.962. The molecule has 2 N–H and O–H groups in total. The van der Waals surface area contributed by atoms with Gasteiger partial charge in [0, 0.05) is 19.5 Å². The molecule has 2 unspecified atom stereocenters. The number of rotatable bonds is 4. The predicted octanol–water partition coefficient (Wildman–Crippen LogP) is 1.57. The molecule has 124 valence electrons. The Bertz CT molecular complexity index is 549. The van der Waals surface area contributed by atoms with Crippen molar-refractivity contribution >= 4 is 12.1 Å². The zero-order valence-corrected chi connectivity index (χ0v) is 13.0. The van der Waals surface area contributed by atoms with Crippen LogP contribution in [0.5, 0.6) is 0 Å².